The Kier molecular flexibility index (Phi) is 8.00. The van der Waals surface area contributed by atoms with Crippen molar-refractivity contribution in [1.29, 1.82) is 10.5 Å². The summed E-state index contributed by atoms with van der Waals surface area (Å²) in [6, 6.07) is 14.2. The molecule has 0 unspecified atom stereocenters. The number of nitrogens with zero attached hydrogens (tertiary/aromatic N) is 2. The second kappa shape index (κ2) is 10.5. The molecule has 0 aliphatic carbocycles. The second-order valence-corrected chi connectivity index (χ2v) is 6.84. The molecule has 0 aliphatic heterocycles. The smallest absolute Gasteiger partial charge is 0.101 e. The largest absolute Gasteiger partial charge is 0.192 e. The highest BCUT2D eigenvalue weighted by Gasteiger charge is 2.07. The van der Waals surface area contributed by atoms with Crippen LogP contribution in [0.4, 0.5) is 0 Å². The van der Waals surface area contributed by atoms with Crippen molar-refractivity contribution in [2.24, 2.45) is 0 Å². The molecule has 2 aromatic rings. The van der Waals surface area contributed by atoms with Gasteiger partial charge in [-0.3, -0.25) is 0 Å². The normalized spacial score (nSPS) is 10.5. The van der Waals surface area contributed by atoms with Crippen LogP contribution in [0.25, 0.3) is 10.8 Å². The molecule has 130 valence electrons. The lowest BCUT2D eigenvalue weighted by Gasteiger charge is -2.08. The third kappa shape index (κ3) is 5.61. The summed E-state index contributed by atoms with van der Waals surface area (Å²) >= 11 is 0. The van der Waals surface area contributed by atoms with Gasteiger partial charge in [0.25, 0.3) is 0 Å². The van der Waals surface area contributed by atoms with E-state index in [4.69, 9.17) is 5.26 Å². The summed E-state index contributed by atoms with van der Waals surface area (Å²) in [6.07, 6.45) is 13.0. The predicted octanol–water partition coefficient (Wildman–Crippen LogP) is 6.66. The number of benzene rings is 2. The monoisotopic (exact) mass is 332 g/mol. The van der Waals surface area contributed by atoms with E-state index in [1.54, 1.807) is 0 Å². The summed E-state index contributed by atoms with van der Waals surface area (Å²) in [4.78, 5) is 0. The van der Waals surface area contributed by atoms with Crippen molar-refractivity contribution in [3.8, 4) is 12.1 Å². The van der Waals surface area contributed by atoms with Gasteiger partial charge in [0.15, 0.2) is 0 Å². The molecule has 0 fully saturated rings. The number of hydrogen-bond acceptors (Lipinski definition) is 2. The van der Waals surface area contributed by atoms with Crippen LogP contribution in [0, 0.1) is 22.7 Å². The lowest BCUT2D eigenvalue weighted by Crippen LogP contribution is -1.91. The lowest BCUT2D eigenvalue weighted by molar-refractivity contribution is 0.565. The highest BCUT2D eigenvalue weighted by atomic mass is 14.3. The van der Waals surface area contributed by atoms with E-state index in [-0.39, 0.29) is 0 Å². The Hall–Kier alpha value is -2.32. The summed E-state index contributed by atoms with van der Waals surface area (Å²) in [5.41, 5.74) is 2.24. The third-order valence-electron chi connectivity index (χ3n) is 4.90. The predicted molar refractivity (Wildman–Crippen MR) is 104 cm³/mol. The molecule has 0 aliphatic rings. The van der Waals surface area contributed by atoms with Crippen LogP contribution in [0.5, 0.6) is 0 Å². The molecule has 0 spiro atoms. The zero-order valence-corrected chi connectivity index (χ0v) is 15.4. The van der Waals surface area contributed by atoms with Crippen LogP contribution in [0.1, 0.15) is 81.4 Å². The molecule has 0 heterocycles. The molecule has 25 heavy (non-hydrogen) atoms. The van der Waals surface area contributed by atoms with Gasteiger partial charge in [0.2, 0.25) is 0 Å². The van der Waals surface area contributed by atoms with Crippen LogP contribution in [0.2, 0.25) is 0 Å². The number of nitriles is 2. The van der Waals surface area contributed by atoms with Gasteiger partial charge in [0.1, 0.15) is 12.1 Å². The topological polar surface area (TPSA) is 47.6 Å². The minimum atomic E-state index is 0.468. The molecule has 2 heteroatoms. The Labute approximate surface area is 152 Å². The van der Waals surface area contributed by atoms with Crippen LogP contribution in [-0.2, 0) is 6.42 Å². The SMILES string of the molecule is CCCCCCCCCCCc1cccc2cc(C#N)c(C#N)cc12. The van der Waals surface area contributed by atoms with Crippen molar-refractivity contribution in [2.75, 3.05) is 0 Å². The van der Waals surface area contributed by atoms with Crippen molar-refractivity contribution in [3.05, 3.63) is 47.0 Å². The van der Waals surface area contributed by atoms with E-state index in [2.05, 4.69) is 31.2 Å². The molecule has 2 rings (SSSR count). The first-order chi connectivity index (χ1) is 12.3. The number of fused-ring (bicyclic) bond motifs is 1. The van der Waals surface area contributed by atoms with Gasteiger partial charge in [-0.1, -0.05) is 76.5 Å². The maximum Gasteiger partial charge on any atom is 0.101 e. The van der Waals surface area contributed by atoms with Crippen molar-refractivity contribution < 1.29 is 0 Å². The quantitative estimate of drug-likeness (QED) is 0.457. The van der Waals surface area contributed by atoms with Crippen LogP contribution >= 0.6 is 0 Å². The summed E-state index contributed by atoms with van der Waals surface area (Å²) in [6.45, 7) is 2.26. The zero-order chi connectivity index (χ0) is 17.9. The fraction of sp³-hybridized carbons (Fsp3) is 0.478. The van der Waals surface area contributed by atoms with Gasteiger partial charge in [-0.15, -0.1) is 0 Å². The second-order valence-electron chi connectivity index (χ2n) is 6.84. The molecule has 0 saturated heterocycles. The molecule has 0 N–H and O–H groups in total. The summed E-state index contributed by atoms with van der Waals surface area (Å²) in [5, 5.41) is 20.6. The van der Waals surface area contributed by atoms with Gasteiger partial charge in [0, 0.05) is 0 Å². The van der Waals surface area contributed by atoms with Gasteiger partial charge in [-0.2, -0.15) is 10.5 Å². The molecule has 2 aromatic carbocycles. The molecule has 2 nitrogen and oxygen atoms in total. The van der Waals surface area contributed by atoms with Gasteiger partial charge in [-0.05, 0) is 41.3 Å². The van der Waals surface area contributed by atoms with E-state index in [1.165, 1.54) is 63.4 Å². The zero-order valence-electron chi connectivity index (χ0n) is 15.4. The molecule has 0 atom stereocenters. The maximum atomic E-state index is 9.25. The fourth-order valence-corrected chi connectivity index (χ4v) is 3.42. The van der Waals surface area contributed by atoms with Crippen LogP contribution in [0.3, 0.4) is 0 Å². The molecule has 0 radical (unpaired) electrons. The molecule has 0 aromatic heterocycles. The van der Waals surface area contributed by atoms with Crippen molar-refractivity contribution >= 4 is 10.8 Å². The third-order valence-corrected chi connectivity index (χ3v) is 4.90. The van der Waals surface area contributed by atoms with E-state index < -0.39 is 0 Å². The van der Waals surface area contributed by atoms with Gasteiger partial charge >= 0.3 is 0 Å². The lowest BCUT2D eigenvalue weighted by atomic mass is 9.95. The highest BCUT2D eigenvalue weighted by Crippen LogP contribution is 2.24. The summed E-state index contributed by atoms with van der Waals surface area (Å²) in [7, 11) is 0. The van der Waals surface area contributed by atoms with Crippen molar-refractivity contribution in [3.63, 3.8) is 0 Å². The van der Waals surface area contributed by atoms with E-state index in [0.717, 1.165) is 17.2 Å². The number of hydrogen-bond donors (Lipinski definition) is 0. The van der Waals surface area contributed by atoms with Crippen LogP contribution in [0.15, 0.2) is 30.3 Å². The Morgan fingerprint density at radius 3 is 2.00 bits per heavy atom. The van der Waals surface area contributed by atoms with Gasteiger partial charge < -0.3 is 0 Å². The Balaban J connectivity index is 1.87. The first kappa shape index (κ1) is 19.0. The first-order valence-corrected chi connectivity index (χ1v) is 9.66. The molecular weight excluding hydrogens is 304 g/mol. The van der Waals surface area contributed by atoms with Gasteiger partial charge in [0.05, 0.1) is 11.1 Å². The minimum Gasteiger partial charge on any atom is -0.192 e. The average Bonchev–Trinajstić information content (AvgIpc) is 2.65. The number of rotatable bonds is 10. The van der Waals surface area contributed by atoms with E-state index in [1.807, 2.05) is 18.2 Å². The van der Waals surface area contributed by atoms with Crippen molar-refractivity contribution in [2.45, 2.75) is 71.1 Å². The molecular formula is C23H28N2. The van der Waals surface area contributed by atoms with E-state index in [9.17, 15) is 5.26 Å². The number of unbranched alkanes of at least 4 members (excludes halogenated alkanes) is 8. The van der Waals surface area contributed by atoms with Crippen LogP contribution in [-0.4, -0.2) is 0 Å². The van der Waals surface area contributed by atoms with E-state index >= 15 is 0 Å². The summed E-state index contributed by atoms with van der Waals surface area (Å²) in [5.74, 6) is 0. The Bertz CT molecular complexity index is 762. The molecule has 0 bridgehead atoms. The standard InChI is InChI=1S/C23H28N2/c1-2-3-4-5-6-7-8-9-10-12-19-13-11-14-20-15-21(17-24)22(18-25)16-23(19)20/h11,13-16H,2-10,12H2,1H3. The Morgan fingerprint density at radius 2 is 1.36 bits per heavy atom. The molecule has 0 amide bonds. The van der Waals surface area contributed by atoms with Crippen LogP contribution < -0.4 is 0 Å². The average molecular weight is 332 g/mol. The Morgan fingerprint density at radius 1 is 0.760 bits per heavy atom. The van der Waals surface area contributed by atoms with Gasteiger partial charge in [-0.25, -0.2) is 0 Å². The summed E-state index contributed by atoms with van der Waals surface area (Å²) < 4.78 is 0. The highest BCUT2D eigenvalue weighted by molar-refractivity contribution is 5.88. The molecule has 0 saturated carbocycles. The minimum absolute atomic E-state index is 0.468. The first-order valence-electron chi connectivity index (χ1n) is 9.66. The maximum absolute atomic E-state index is 9.25. The fourth-order valence-electron chi connectivity index (χ4n) is 3.42. The van der Waals surface area contributed by atoms with E-state index in [0.29, 0.717) is 11.1 Å². The number of aryl methyl sites for hydroxylation is 1. The van der Waals surface area contributed by atoms with Crippen molar-refractivity contribution in [1.82, 2.24) is 0 Å².